The van der Waals surface area contributed by atoms with Gasteiger partial charge in [0.2, 0.25) is 0 Å². The Morgan fingerprint density at radius 3 is 2.52 bits per heavy atom. The molecule has 0 saturated heterocycles. The zero-order chi connectivity index (χ0) is 18.8. The molecule has 1 aliphatic rings. The molecule has 0 radical (unpaired) electrons. The van der Waals surface area contributed by atoms with Crippen LogP contribution in [-0.4, -0.2) is 17.4 Å². The Kier molecular flexibility index (Phi) is 9.92. The summed E-state index contributed by atoms with van der Waals surface area (Å²) in [6.45, 7) is 10.2. The quantitative estimate of drug-likeness (QED) is 0.539. The highest BCUT2D eigenvalue weighted by molar-refractivity contribution is 5.50. The normalized spacial score (nSPS) is 20.1. The third-order valence-electron chi connectivity index (χ3n) is 4.63. The van der Waals surface area contributed by atoms with Crippen molar-refractivity contribution in [2.45, 2.75) is 104 Å². The Balaban J connectivity index is 0.00000151. The summed E-state index contributed by atoms with van der Waals surface area (Å²) in [6, 6.07) is 3.92. The first-order valence-electron chi connectivity index (χ1n) is 10.2. The molecule has 0 unspecified atom stereocenters. The third-order valence-corrected chi connectivity index (χ3v) is 4.63. The monoisotopic (exact) mass is 352 g/mol. The highest BCUT2D eigenvalue weighted by atomic mass is 19.1. The second kappa shape index (κ2) is 11.4. The first kappa shape index (κ1) is 21.8. The van der Waals surface area contributed by atoms with Gasteiger partial charge in [-0.25, -0.2) is 4.39 Å². The van der Waals surface area contributed by atoms with Crippen LogP contribution >= 0.6 is 0 Å². The molecule has 0 aliphatic heterocycles. The second-order valence-corrected chi connectivity index (χ2v) is 7.11. The summed E-state index contributed by atoms with van der Waals surface area (Å²) in [7, 11) is 0. The van der Waals surface area contributed by atoms with E-state index in [4.69, 9.17) is 4.74 Å². The fraction of sp³-hybridized carbons (Fsp3) is 0.727. The molecule has 1 saturated carbocycles. The standard InChI is InChI=1S/C20H31FO2.C2H6/c1-4-5-6-8-15-11-18(22)20(19(12-15)23-14(2)3)16-9-7-10-17(21)13-16;1-2/h11-12,14,16-17,22H,4-10,13H2,1-3H3;1-2H3/t16-,17+;/m0./s1. The molecule has 1 aromatic carbocycles. The van der Waals surface area contributed by atoms with E-state index in [0.29, 0.717) is 12.8 Å². The van der Waals surface area contributed by atoms with E-state index in [1.165, 1.54) is 12.8 Å². The molecule has 25 heavy (non-hydrogen) atoms. The average molecular weight is 353 g/mol. The van der Waals surface area contributed by atoms with E-state index in [0.717, 1.165) is 42.6 Å². The molecule has 0 amide bonds. The number of unbranched alkanes of at least 4 members (excludes halogenated alkanes) is 2. The number of alkyl halides is 1. The van der Waals surface area contributed by atoms with Crippen molar-refractivity contribution in [3.8, 4) is 11.5 Å². The van der Waals surface area contributed by atoms with Crippen LogP contribution in [0.4, 0.5) is 4.39 Å². The zero-order valence-corrected chi connectivity index (χ0v) is 16.8. The predicted octanol–water partition coefficient (Wildman–Crippen LogP) is 6.93. The van der Waals surface area contributed by atoms with Gasteiger partial charge in [-0.3, -0.25) is 0 Å². The molecule has 2 atom stereocenters. The topological polar surface area (TPSA) is 29.5 Å². The average Bonchev–Trinajstić information content (AvgIpc) is 2.56. The molecule has 1 aliphatic carbocycles. The minimum Gasteiger partial charge on any atom is -0.508 e. The van der Waals surface area contributed by atoms with Crippen LogP contribution < -0.4 is 4.74 Å². The lowest BCUT2D eigenvalue weighted by atomic mass is 9.81. The Labute approximate surface area is 153 Å². The Hall–Kier alpha value is -1.25. The fourth-order valence-corrected chi connectivity index (χ4v) is 3.54. The van der Waals surface area contributed by atoms with Crippen molar-refractivity contribution in [1.29, 1.82) is 0 Å². The van der Waals surface area contributed by atoms with Crippen LogP contribution in [-0.2, 0) is 6.42 Å². The van der Waals surface area contributed by atoms with Crippen molar-refractivity contribution < 1.29 is 14.2 Å². The van der Waals surface area contributed by atoms with Gasteiger partial charge in [-0.2, -0.15) is 0 Å². The van der Waals surface area contributed by atoms with Gasteiger partial charge in [0, 0.05) is 5.56 Å². The number of hydrogen-bond donors (Lipinski definition) is 1. The van der Waals surface area contributed by atoms with Crippen molar-refractivity contribution in [2.75, 3.05) is 0 Å². The van der Waals surface area contributed by atoms with Crippen molar-refractivity contribution in [1.82, 2.24) is 0 Å². The first-order valence-corrected chi connectivity index (χ1v) is 10.2. The van der Waals surface area contributed by atoms with E-state index in [2.05, 4.69) is 13.0 Å². The molecule has 2 rings (SSSR count). The summed E-state index contributed by atoms with van der Waals surface area (Å²) in [5.41, 5.74) is 1.93. The molecule has 0 heterocycles. The smallest absolute Gasteiger partial charge is 0.127 e. The number of benzene rings is 1. The van der Waals surface area contributed by atoms with Crippen molar-refractivity contribution in [2.24, 2.45) is 0 Å². The number of ether oxygens (including phenoxy) is 1. The fourth-order valence-electron chi connectivity index (χ4n) is 3.54. The van der Waals surface area contributed by atoms with Gasteiger partial charge in [0.1, 0.15) is 17.7 Å². The van der Waals surface area contributed by atoms with Gasteiger partial charge >= 0.3 is 0 Å². The van der Waals surface area contributed by atoms with Crippen LogP contribution in [0.2, 0.25) is 0 Å². The number of phenols is 1. The van der Waals surface area contributed by atoms with Crippen LogP contribution in [0.5, 0.6) is 11.5 Å². The summed E-state index contributed by atoms with van der Waals surface area (Å²) in [5, 5.41) is 10.6. The number of aromatic hydroxyl groups is 1. The lowest BCUT2D eigenvalue weighted by Crippen LogP contribution is -2.17. The lowest BCUT2D eigenvalue weighted by molar-refractivity contribution is 0.214. The van der Waals surface area contributed by atoms with Crippen molar-refractivity contribution in [3.05, 3.63) is 23.3 Å². The van der Waals surface area contributed by atoms with Gasteiger partial charge in [0.05, 0.1) is 6.10 Å². The van der Waals surface area contributed by atoms with E-state index in [1.807, 2.05) is 33.8 Å². The maximum Gasteiger partial charge on any atom is 0.127 e. The van der Waals surface area contributed by atoms with Gasteiger partial charge in [-0.1, -0.05) is 33.6 Å². The summed E-state index contributed by atoms with van der Waals surface area (Å²) < 4.78 is 19.8. The second-order valence-electron chi connectivity index (χ2n) is 7.11. The molecule has 3 heteroatoms. The minimum absolute atomic E-state index is 0.0452. The lowest BCUT2D eigenvalue weighted by Gasteiger charge is -2.28. The molecule has 144 valence electrons. The largest absolute Gasteiger partial charge is 0.508 e. The molecule has 1 aromatic rings. The molecular weight excluding hydrogens is 315 g/mol. The van der Waals surface area contributed by atoms with E-state index in [-0.39, 0.29) is 17.8 Å². The van der Waals surface area contributed by atoms with Crippen LogP contribution in [0.1, 0.15) is 96.6 Å². The highest BCUT2D eigenvalue weighted by Crippen LogP contribution is 2.44. The van der Waals surface area contributed by atoms with E-state index in [1.54, 1.807) is 0 Å². The molecule has 1 N–H and O–H groups in total. The molecule has 2 nitrogen and oxygen atoms in total. The molecule has 0 bridgehead atoms. The van der Waals surface area contributed by atoms with Gasteiger partial charge in [-0.05, 0) is 76.0 Å². The SMILES string of the molecule is CC.CCCCCc1cc(O)c([C@H]2CCC[C@@H](F)C2)c(OC(C)C)c1. The van der Waals surface area contributed by atoms with Crippen LogP contribution in [0.25, 0.3) is 0 Å². The van der Waals surface area contributed by atoms with Gasteiger partial charge in [0.15, 0.2) is 0 Å². The number of rotatable bonds is 7. The van der Waals surface area contributed by atoms with Gasteiger partial charge < -0.3 is 9.84 Å². The maximum atomic E-state index is 13.8. The van der Waals surface area contributed by atoms with Crippen molar-refractivity contribution >= 4 is 0 Å². The number of halogens is 1. The first-order chi connectivity index (χ1) is 12.0. The van der Waals surface area contributed by atoms with Crippen LogP contribution in [0, 0.1) is 0 Å². The Morgan fingerprint density at radius 1 is 1.20 bits per heavy atom. The van der Waals surface area contributed by atoms with E-state index >= 15 is 0 Å². The van der Waals surface area contributed by atoms with Gasteiger partial charge in [0.25, 0.3) is 0 Å². The molecular formula is C22H37FO2. The Bertz CT molecular complexity index is 499. The van der Waals surface area contributed by atoms with E-state index < -0.39 is 6.17 Å². The number of phenolic OH excluding ortho intramolecular Hbond substituents is 1. The number of hydrogen-bond acceptors (Lipinski definition) is 2. The number of aryl methyl sites for hydroxylation is 1. The molecule has 1 fully saturated rings. The minimum atomic E-state index is -0.760. The molecule has 0 aromatic heterocycles. The predicted molar refractivity (Wildman–Crippen MR) is 105 cm³/mol. The summed E-state index contributed by atoms with van der Waals surface area (Å²) >= 11 is 0. The Morgan fingerprint density at radius 2 is 1.92 bits per heavy atom. The van der Waals surface area contributed by atoms with E-state index in [9.17, 15) is 9.50 Å². The summed E-state index contributed by atoms with van der Waals surface area (Å²) in [6.07, 6.45) is 6.67. The van der Waals surface area contributed by atoms with Crippen LogP contribution in [0.15, 0.2) is 12.1 Å². The highest BCUT2D eigenvalue weighted by Gasteiger charge is 2.28. The van der Waals surface area contributed by atoms with Gasteiger partial charge in [-0.15, -0.1) is 0 Å². The van der Waals surface area contributed by atoms with Crippen molar-refractivity contribution in [3.63, 3.8) is 0 Å². The maximum absolute atomic E-state index is 13.8. The summed E-state index contributed by atoms with van der Waals surface area (Å²) in [4.78, 5) is 0. The zero-order valence-electron chi connectivity index (χ0n) is 16.8. The molecule has 0 spiro atoms. The third kappa shape index (κ3) is 6.87. The van der Waals surface area contributed by atoms with Crippen LogP contribution in [0.3, 0.4) is 0 Å². The summed E-state index contributed by atoms with van der Waals surface area (Å²) in [5.74, 6) is 1.11.